The highest BCUT2D eigenvalue weighted by atomic mass is 35.5. The van der Waals surface area contributed by atoms with Crippen LogP contribution in [0.3, 0.4) is 0 Å². The Morgan fingerprint density at radius 2 is 2.06 bits per heavy atom. The number of rotatable bonds is 2. The Morgan fingerprint density at radius 1 is 1.25 bits per heavy atom. The summed E-state index contributed by atoms with van der Waals surface area (Å²) in [5.41, 5.74) is 7.36. The van der Waals surface area contributed by atoms with Gasteiger partial charge in [0.05, 0.1) is 10.7 Å². The van der Waals surface area contributed by atoms with Crippen LogP contribution in [0.4, 0.5) is 17.3 Å². The Morgan fingerprint density at radius 3 is 2.69 bits per heavy atom. The highest BCUT2D eigenvalue weighted by molar-refractivity contribution is 6.30. The van der Waals surface area contributed by atoms with E-state index >= 15 is 0 Å². The zero-order valence-electron chi connectivity index (χ0n) is 8.74. The van der Waals surface area contributed by atoms with Gasteiger partial charge in [0.25, 0.3) is 0 Å². The standard InChI is InChI=1S/C11H11ClN4/c1-7-2-3-10(14-5-7)16-11-9(13)4-8(12)6-15-11/h2-6H,13H2,1H3,(H,14,15,16). The van der Waals surface area contributed by atoms with Crippen LogP contribution in [0.2, 0.25) is 5.02 Å². The van der Waals surface area contributed by atoms with Gasteiger partial charge in [0.15, 0.2) is 5.82 Å². The van der Waals surface area contributed by atoms with Crippen LogP contribution in [0.15, 0.2) is 30.6 Å². The van der Waals surface area contributed by atoms with Crippen LogP contribution in [0, 0.1) is 6.92 Å². The first-order chi connectivity index (χ1) is 7.65. The molecule has 2 rings (SSSR count). The molecule has 3 N–H and O–H groups in total. The summed E-state index contributed by atoms with van der Waals surface area (Å²) in [5, 5.41) is 3.53. The van der Waals surface area contributed by atoms with Crippen molar-refractivity contribution in [3.8, 4) is 0 Å². The maximum Gasteiger partial charge on any atom is 0.154 e. The van der Waals surface area contributed by atoms with Crippen LogP contribution in [-0.4, -0.2) is 9.97 Å². The summed E-state index contributed by atoms with van der Waals surface area (Å²) in [4.78, 5) is 8.28. The number of nitrogen functional groups attached to an aromatic ring is 1. The minimum absolute atomic E-state index is 0.495. The molecule has 0 aliphatic rings. The van der Waals surface area contributed by atoms with Crippen molar-refractivity contribution in [2.24, 2.45) is 0 Å². The monoisotopic (exact) mass is 234 g/mol. The molecule has 0 fully saturated rings. The molecule has 0 radical (unpaired) electrons. The quantitative estimate of drug-likeness (QED) is 0.839. The van der Waals surface area contributed by atoms with Crippen molar-refractivity contribution < 1.29 is 0 Å². The van der Waals surface area contributed by atoms with Crippen molar-refractivity contribution in [2.45, 2.75) is 6.92 Å². The average Bonchev–Trinajstić information content (AvgIpc) is 2.25. The fraction of sp³-hybridized carbons (Fsp3) is 0.0909. The highest BCUT2D eigenvalue weighted by Crippen LogP contribution is 2.22. The predicted octanol–water partition coefficient (Wildman–Crippen LogP) is 2.76. The van der Waals surface area contributed by atoms with Crippen molar-refractivity contribution in [3.05, 3.63) is 41.2 Å². The second kappa shape index (κ2) is 4.37. The molecule has 0 atom stereocenters. The highest BCUT2D eigenvalue weighted by Gasteiger charge is 2.02. The van der Waals surface area contributed by atoms with Crippen LogP contribution in [0.25, 0.3) is 0 Å². The zero-order chi connectivity index (χ0) is 11.5. The molecule has 0 unspecified atom stereocenters. The first-order valence-electron chi connectivity index (χ1n) is 4.76. The normalized spacial score (nSPS) is 10.1. The van der Waals surface area contributed by atoms with Gasteiger partial charge in [0, 0.05) is 12.4 Å². The molecule has 2 heterocycles. The van der Waals surface area contributed by atoms with E-state index in [1.165, 1.54) is 6.20 Å². The van der Waals surface area contributed by atoms with Crippen LogP contribution in [0.5, 0.6) is 0 Å². The molecule has 2 aromatic rings. The van der Waals surface area contributed by atoms with E-state index in [2.05, 4.69) is 15.3 Å². The topological polar surface area (TPSA) is 63.8 Å². The Balaban J connectivity index is 2.23. The van der Waals surface area contributed by atoms with Crippen molar-refractivity contribution in [1.82, 2.24) is 9.97 Å². The maximum absolute atomic E-state index is 5.76. The maximum atomic E-state index is 5.76. The molecule has 0 aromatic carbocycles. The second-order valence-electron chi connectivity index (χ2n) is 3.44. The summed E-state index contributed by atoms with van der Waals surface area (Å²) in [6.07, 6.45) is 3.31. The summed E-state index contributed by atoms with van der Waals surface area (Å²) >= 11 is 5.75. The first-order valence-corrected chi connectivity index (χ1v) is 5.13. The number of hydrogen-bond donors (Lipinski definition) is 2. The molecule has 0 saturated heterocycles. The predicted molar refractivity (Wildman–Crippen MR) is 65.9 cm³/mol. The molecule has 0 bridgehead atoms. The minimum atomic E-state index is 0.495. The van der Waals surface area contributed by atoms with Gasteiger partial charge in [-0.25, -0.2) is 9.97 Å². The molecule has 0 aliphatic heterocycles. The number of hydrogen-bond acceptors (Lipinski definition) is 4. The van der Waals surface area contributed by atoms with Crippen LogP contribution in [0.1, 0.15) is 5.56 Å². The number of anilines is 3. The van der Waals surface area contributed by atoms with Crippen molar-refractivity contribution in [1.29, 1.82) is 0 Å². The van der Waals surface area contributed by atoms with Gasteiger partial charge in [-0.05, 0) is 24.6 Å². The Hall–Kier alpha value is -1.81. The number of pyridine rings is 2. The second-order valence-corrected chi connectivity index (χ2v) is 3.87. The van der Waals surface area contributed by atoms with Crippen LogP contribution in [-0.2, 0) is 0 Å². The third kappa shape index (κ3) is 2.41. The number of nitrogens with two attached hydrogens (primary N) is 1. The molecule has 0 saturated carbocycles. The van der Waals surface area contributed by atoms with Gasteiger partial charge < -0.3 is 11.1 Å². The molecule has 5 heteroatoms. The van der Waals surface area contributed by atoms with Gasteiger partial charge in [-0.1, -0.05) is 17.7 Å². The minimum Gasteiger partial charge on any atom is -0.396 e. The van der Waals surface area contributed by atoms with Gasteiger partial charge in [-0.3, -0.25) is 0 Å². The number of aromatic nitrogens is 2. The Labute approximate surface area is 98.5 Å². The van der Waals surface area contributed by atoms with E-state index in [1.807, 2.05) is 19.1 Å². The number of nitrogens with zero attached hydrogens (tertiary/aromatic N) is 2. The van der Waals surface area contributed by atoms with Crippen molar-refractivity contribution in [2.75, 3.05) is 11.1 Å². The summed E-state index contributed by atoms with van der Waals surface area (Å²) < 4.78 is 0. The molecule has 0 amide bonds. The molecule has 0 spiro atoms. The molecule has 0 aliphatic carbocycles. The molecule has 2 aromatic heterocycles. The molecular formula is C11H11ClN4. The fourth-order valence-electron chi connectivity index (χ4n) is 1.22. The van der Waals surface area contributed by atoms with E-state index in [4.69, 9.17) is 17.3 Å². The smallest absolute Gasteiger partial charge is 0.154 e. The fourth-order valence-corrected chi connectivity index (χ4v) is 1.39. The van der Waals surface area contributed by atoms with Gasteiger partial charge in [-0.15, -0.1) is 0 Å². The van der Waals surface area contributed by atoms with Gasteiger partial charge >= 0.3 is 0 Å². The van der Waals surface area contributed by atoms with E-state index in [-0.39, 0.29) is 0 Å². The van der Waals surface area contributed by atoms with E-state index in [9.17, 15) is 0 Å². The largest absolute Gasteiger partial charge is 0.396 e. The lowest BCUT2D eigenvalue weighted by Gasteiger charge is -2.07. The van der Waals surface area contributed by atoms with E-state index in [0.717, 1.165) is 5.56 Å². The lowest BCUT2D eigenvalue weighted by atomic mass is 10.3. The summed E-state index contributed by atoms with van der Waals surface area (Å²) in [6, 6.07) is 5.47. The zero-order valence-corrected chi connectivity index (χ0v) is 9.49. The third-order valence-electron chi connectivity index (χ3n) is 2.04. The van der Waals surface area contributed by atoms with Crippen molar-refractivity contribution in [3.63, 3.8) is 0 Å². The summed E-state index contributed by atoms with van der Waals surface area (Å²) in [6.45, 7) is 1.98. The molecule has 4 nitrogen and oxygen atoms in total. The van der Waals surface area contributed by atoms with E-state index in [1.54, 1.807) is 12.3 Å². The number of aryl methyl sites for hydroxylation is 1. The van der Waals surface area contributed by atoms with Gasteiger partial charge in [0.1, 0.15) is 5.82 Å². The lowest BCUT2D eigenvalue weighted by Crippen LogP contribution is -2.00. The molecule has 16 heavy (non-hydrogen) atoms. The SMILES string of the molecule is Cc1ccc(Nc2ncc(Cl)cc2N)nc1. The van der Waals surface area contributed by atoms with Crippen LogP contribution >= 0.6 is 11.6 Å². The lowest BCUT2D eigenvalue weighted by molar-refractivity contribution is 1.23. The summed E-state index contributed by atoms with van der Waals surface area (Å²) in [7, 11) is 0. The third-order valence-corrected chi connectivity index (χ3v) is 2.25. The molecular weight excluding hydrogens is 224 g/mol. The van der Waals surface area contributed by atoms with Crippen LogP contribution < -0.4 is 11.1 Å². The van der Waals surface area contributed by atoms with Gasteiger partial charge in [0.2, 0.25) is 0 Å². The summed E-state index contributed by atoms with van der Waals surface area (Å²) in [5.74, 6) is 1.26. The van der Waals surface area contributed by atoms with E-state index in [0.29, 0.717) is 22.3 Å². The van der Waals surface area contributed by atoms with E-state index < -0.39 is 0 Å². The number of nitrogens with one attached hydrogen (secondary N) is 1. The van der Waals surface area contributed by atoms with Gasteiger partial charge in [-0.2, -0.15) is 0 Å². The first kappa shape index (κ1) is 10.7. The van der Waals surface area contributed by atoms with Crippen molar-refractivity contribution >= 4 is 28.9 Å². The number of halogens is 1. The molecule has 82 valence electrons. The average molecular weight is 235 g/mol. The Bertz CT molecular complexity index is 496. The Kier molecular flexibility index (Phi) is 2.92.